The highest BCUT2D eigenvalue weighted by atomic mass is 15.2. The summed E-state index contributed by atoms with van der Waals surface area (Å²) in [7, 11) is 0. The van der Waals surface area contributed by atoms with Crippen LogP contribution in [-0.2, 0) is 6.42 Å². The van der Waals surface area contributed by atoms with Gasteiger partial charge < -0.3 is 4.90 Å². The molecule has 26 heavy (non-hydrogen) atoms. The quantitative estimate of drug-likeness (QED) is 0.684. The zero-order valence-electron chi connectivity index (χ0n) is 15.2. The van der Waals surface area contributed by atoms with Gasteiger partial charge in [-0.1, -0.05) is 24.3 Å². The number of benzene rings is 2. The molecule has 0 spiro atoms. The Morgan fingerprint density at radius 3 is 2.81 bits per heavy atom. The molecule has 4 rings (SSSR count). The number of likely N-dealkylation sites (tertiary alicyclic amines) is 1. The van der Waals surface area contributed by atoms with Crippen LogP contribution in [0.25, 0.3) is 22.0 Å². The van der Waals surface area contributed by atoms with Gasteiger partial charge >= 0.3 is 0 Å². The summed E-state index contributed by atoms with van der Waals surface area (Å²) < 4.78 is 0. The van der Waals surface area contributed by atoms with E-state index in [2.05, 4.69) is 48.2 Å². The van der Waals surface area contributed by atoms with E-state index < -0.39 is 0 Å². The van der Waals surface area contributed by atoms with Crippen molar-refractivity contribution in [3.8, 4) is 17.2 Å². The first-order valence-electron chi connectivity index (χ1n) is 9.37. The van der Waals surface area contributed by atoms with Crippen LogP contribution in [0.4, 0.5) is 0 Å². The van der Waals surface area contributed by atoms with Crippen LogP contribution in [0.5, 0.6) is 0 Å². The molecule has 2 heterocycles. The lowest BCUT2D eigenvalue weighted by molar-refractivity contribution is 0.271. The van der Waals surface area contributed by atoms with Gasteiger partial charge in [-0.3, -0.25) is 4.98 Å². The lowest BCUT2D eigenvalue weighted by Gasteiger charge is -2.20. The minimum atomic E-state index is 0.687. The number of aromatic nitrogens is 1. The van der Waals surface area contributed by atoms with Crippen LogP contribution in [0.1, 0.15) is 31.0 Å². The molecule has 3 heteroatoms. The van der Waals surface area contributed by atoms with Gasteiger partial charge in [-0.2, -0.15) is 5.26 Å². The molecular weight excluding hydrogens is 318 g/mol. The third-order valence-corrected chi connectivity index (χ3v) is 5.42. The zero-order chi connectivity index (χ0) is 17.9. The van der Waals surface area contributed by atoms with Crippen molar-refractivity contribution in [2.24, 2.45) is 0 Å². The first-order valence-corrected chi connectivity index (χ1v) is 9.37. The van der Waals surface area contributed by atoms with E-state index in [1.54, 1.807) is 0 Å². The number of hydrogen-bond donors (Lipinski definition) is 0. The van der Waals surface area contributed by atoms with Gasteiger partial charge in [-0.05, 0) is 67.8 Å². The average Bonchev–Trinajstić information content (AvgIpc) is 3.10. The van der Waals surface area contributed by atoms with E-state index in [-0.39, 0.29) is 0 Å². The standard InChI is InChI=1S/C23H23N3/c1-17-4-3-12-26(17)13-11-22-9-7-21-15-20(8-10-23(21)25-22)19-6-2-5-18(14-19)16-24/h2,5-10,14-15,17H,3-4,11-13H2,1H3/t17-/m0/s1. The van der Waals surface area contributed by atoms with E-state index in [4.69, 9.17) is 10.2 Å². The summed E-state index contributed by atoms with van der Waals surface area (Å²) in [6, 6.07) is 21.3. The van der Waals surface area contributed by atoms with Crippen LogP contribution in [0.3, 0.4) is 0 Å². The molecule has 0 radical (unpaired) electrons. The molecule has 2 aromatic carbocycles. The molecule has 1 aromatic heterocycles. The molecule has 3 nitrogen and oxygen atoms in total. The first kappa shape index (κ1) is 16.8. The Balaban J connectivity index is 1.55. The van der Waals surface area contributed by atoms with Crippen molar-refractivity contribution in [2.45, 2.75) is 32.2 Å². The Hall–Kier alpha value is -2.70. The van der Waals surface area contributed by atoms with E-state index in [0.717, 1.165) is 40.7 Å². The number of hydrogen-bond acceptors (Lipinski definition) is 3. The summed E-state index contributed by atoms with van der Waals surface area (Å²) in [6.07, 6.45) is 3.65. The highest BCUT2D eigenvalue weighted by Crippen LogP contribution is 2.25. The van der Waals surface area contributed by atoms with E-state index in [9.17, 15) is 0 Å². The maximum Gasteiger partial charge on any atom is 0.0991 e. The van der Waals surface area contributed by atoms with Crippen LogP contribution in [-0.4, -0.2) is 29.0 Å². The molecule has 130 valence electrons. The van der Waals surface area contributed by atoms with Crippen molar-refractivity contribution in [3.05, 3.63) is 65.9 Å². The number of nitriles is 1. The van der Waals surface area contributed by atoms with Crippen molar-refractivity contribution in [1.82, 2.24) is 9.88 Å². The second-order valence-corrected chi connectivity index (χ2v) is 7.18. The third-order valence-electron chi connectivity index (χ3n) is 5.42. The molecule has 0 amide bonds. The Kier molecular flexibility index (Phi) is 4.69. The molecule has 0 bridgehead atoms. The van der Waals surface area contributed by atoms with E-state index in [1.807, 2.05) is 24.3 Å². The van der Waals surface area contributed by atoms with Crippen molar-refractivity contribution in [3.63, 3.8) is 0 Å². The summed E-state index contributed by atoms with van der Waals surface area (Å²) in [4.78, 5) is 7.42. The minimum absolute atomic E-state index is 0.687. The van der Waals surface area contributed by atoms with Crippen LogP contribution >= 0.6 is 0 Å². The molecule has 1 atom stereocenters. The molecular formula is C23H23N3. The molecule has 1 aliphatic rings. The Morgan fingerprint density at radius 1 is 1.12 bits per heavy atom. The molecule has 3 aromatic rings. The van der Waals surface area contributed by atoms with Crippen molar-refractivity contribution < 1.29 is 0 Å². The van der Waals surface area contributed by atoms with Gasteiger partial charge in [0.15, 0.2) is 0 Å². The number of rotatable bonds is 4. The predicted molar refractivity (Wildman–Crippen MR) is 106 cm³/mol. The molecule has 1 fully saturated rings. The van der Waals surface area contributed by atoms with E-state index >= 15 is 0 Å². The summed E-state index contributed by atoms with van der Waals surface area (Å²) in [5.41, 5.74) is 5.08. The Bertz CT molecular complexity index is 971. The van der Waals surface area contributed by atoms with Crippen LogP contribution in [0.15, 0.2) is 54.6 Å². The van der Waals surface area contributed by atoms with E-state index in [1.165, 1.54) is 19.4 Å². The highest BCUT2D eigenvalue weighted by Gasteiger charge is 2.19. The summed E-state index contributed by atoms with van der Waals surface area (Å²) in [5.74, 6) is 0. The Morgan fingerprint density at radius 2 is 2.00 bits per heavy atom. The van der Waals surface area contributed by atoms with Gasteiger partial charge in [0.05, 0.1) is 17.1 Å². The van der Waals surface area contributed by atoms with Crippen molar-refractivity contribution in [2.75, 3.05) is 13.1 Å². The fourth-order valence-corrected chi connectivity index (χ4v) is 3.84. The molecule has 0 saturated carbocycles. The number of pyridine rings is 1. The third kappa shape index (κ3) is 3.47. The topological polar surface area (TPSA) is 39.9 Å². The zero-order valence-corrected chi connectivity index (χ0v) is 15.2. The fraction of sp³-hybridized carbons (Fsp3) is 0.304. The lowest BCUT2D eigenvalue weighted by Crippen LogP contribution is -2.29. The van der Waals surface area contributed by atoms with Crippen molar-refractivity contribution in [1.29, 1.82) is 5.26 Å². The maximum absolute atomic E-state index is 9.09. The van der Waals surface area contributed by atoms with Gasteiger partial charge in [0.25, 0.3) is 0 Å². The monoisotopic (exact) mass is 341 g/mol. The van der Waals surface area contributed by atoms with Gasteiger partial charge in [-0.25, -0.2) is 0 Å². The minimum Gasteiger partial charge on any atom is -0.300 e. The molecule has 0 unspecified atom stereocenters. The Labute approximate surface area is 154 Å². The van der Waals surface area contributed by atoms with Gasteiger partial charge in [0.2, 0.25) is 0 Å². The SMILES string of the molecule is C[C@H]1CCCN1CCc1ccc2cc(-c3cccc(C#N)c3)ccc2n1. The van der Waals surface area contributed by atoms with Gasteiger partial charge in [0, 0.05) is 30.1 Å². The van der Waals surface area contributed by atoms with Gasteiger partial charge in [0.1, 0.15) is 0 Å². The fourth-order valence-electron chi connectivity index (χ4n) is 3.84. The highest BCUT2D eigenvalue weighted by molar-refractivity contribution is 5.84. The van der Waals surface area contributed by atoms with E-state index in [0.29, 0.717) is 11.6 Å². The largest absolute Gasteiger partial charge is 0.300 e. The van der Waals surface area contributed by atoms with Crippen LogP contribution < -0.4 is 0 Å². The predicted octanol–water partition coefficient (Wildman–Crippen LogP) is 4.80. The van der Waals surface area contributed by atoms with Gasteiger partial charge in [-0.15, -0.1) is 0 Å². The smallest absolute Gasteiger partial charge is 0.0991 e. The molecule has 0 aliphatic carbocycles. The molecule has 1 aliphatic heterocycles. The summed E-state index contributed by atoms with van der Waals surface area (Å²) >= 11 is 0. The van der Waals surface area contributed by atoms with Crippen molar-refractivity contribution >= 4 is 10.9 Å². The second kappa shape index (κ2) is 7.27. The molecule has 1 saturated heterocycles. The maximum atomic E-state index is 9.09. The number of fused-ring (bicyclic) bond motifs is 1. The normalized spacial score (nSPS) is 17.5. The second-order valence-electron chi connectivity index (χ2n) is 7.18. The number of nitrogens with zero attached hydrogens (tertiary/aromatic N) is 3. The van der Waals surface area contributed by atoms with Crippen LogP contribution in [0.2, 0.25) is 0 Å². The first-order chi connectivity index (χ1) is 12.7. The summed E-state index contributed by atoms with van der Waals surface area (Å²) in [5, 5.41) is 10.2. The summed E-state index contributed by atoms with van der Waals surface area (Å²) in [6.45, 7) is 4.64. The molecule has 0 N–H and O–H groups in total. The lowest BCUT2D eigenvalue weighted by atomic mass is 10.0. The van der Waals surface area contributed by atoms with Crippen LogP contribution in [0, 0.1) is 11.3 Å². The average molecular weight is 341 g/mol.